The van der Waals surface area contributed by atoms with Crippen molar-refractivity contribution in [3.05, 3.63) is 34.3 Å². The molecular weight excluding hydrogens is 366 g/mol. The average molecular weight is 389 g/mol. The Balaban J connectivity index is 1.44. The molecule has 1 amide bonds. The van der Waals surface area contributed by atoms with Crippen molar-refractivity contribution >= 4 is 28.9 Å². The predicted molar refractivity (Wildman–Crippen MR) is 102 cm³/mol. The van der Waals surface area contributed by atoms with E-state index in [2.05, 4.69) is 15.5 Å². The highest BCUT2D eigenvalue weighted by Gasteiger charge is 2.18. The monoisotopic (exact) mass is 389 g/mol. The fourth-order valence-corrected chi connectivity index (χ4v) is 3.75. The number of esters is 1. The van der Waals surface area contributed by atoms with E-state index in [0.29, 0.717) is 28.8 Å². The number of anilines is 1. The van der Waals surface area contributed by atoms with Crippen molar-refractivity contribution in [2.75, 3.05) is 12.4 Å². The lowest BCUT2D eigenvalue weighted by Crippen LogP contribution is -2.11. The molecule has 1 N–H and O–H groups in total. The number of nitrogens with one attached hydrogen (secondary N) is 1. The normalized spacial score (nSPS) is 14.1. The number of rotatable bonds is 8. The van der Waals surface area contributed by atoms with E-state index in [4.69, 9.17) is 9.47 Å². The number of carbonyl (C=O) groups excluding carboxylic acids is 2. The van der Waals surface area contributed by atoms with Gasteiger partial charge in [0.25, 0.3) is 5.91 Å². The van der Waals surface area contributed by atoms with Gasteiger partial charge in [-0.3, -0.25) is 9.59 Å². The molecule has 144 valence electrons. The molecule has 1 aromatic heterocycles. The van der Waals surface area contributed by atoms with E-state index in [1.807, 2.05) is 0 Å². The van der Waals surface area contributed by atoms with Crippen LogP contribution in [0.5, 0.6) is 5.75 Å². The Kier molecular flexibility index (Phi) is 6.75. The maximum Gasteiger partial charge on any atom is 0.306 e. The molecule has 0 spiro atoms. The van der Waals surface area contributed by atoms with Crippen LogP contribution in [0.4, 0.5) is 5.69 Å². The Morgan fingerprint density at radius 3 is 2.63 bits per heavy atom. The van der Waals surface area contributed by atoms with E-state index in [-0.39, 0.29) is 23.5 Å². The number of carbonyl (C=O) groups is 2. The van der Waals surface area contributed by atoms with Crippen LogP contribution in [-0.4, -0.2) is 29.2 Å². The number of ether oxygens (including phenoxy) is 2. The highest BCUT2D eigenvalue weighted by molar-refractivity contribution is 7.13. The predicted octanol–water partition coefficient (Wildman–Crippen LogP) is 3.81. The number of nitrogens with zero attached hydrogens (tertiary/aromatic N) is 2. The Bertz CT molecular complexity index is 770. The molecular formula is C19H23N3O4S. The Morgan fingerprint density at radius 2 is 1.93 bits per heavy atom. The van der Waals surface area contributed by atoms with Gasteiger partial charge < -0.3 is 14.8 Å². The molecule has 0 saturated heterocycles. The summed E-state index contributed by atoms with van der Waals surface area (Å²) in [4.78, 5) is 24.1. The van der Waals surface area contributed by atoms with E-state index in [1.54, 1.807) is 31.4 Å². The van der Waals surface area contributed by atoms with Crippen LogP contribution in [-0.2, 0) is 16.1 Å². The zero-order chi connectivity index (χ0) is 19.1. The Labute approximate surface area is 162 Å². The number of amides is 1. The summed E-state index contributed by atoms with van der Waals surface area (Å²) in [5.74, 6) is 0.797. The molecule has 2 aromatic rings. The summed E-state index contributed by atoms with van der Waals surface area (Å²) in [6.07, 6.45) is 6.31. The van der Waals surface area contributed by atoms with Crippen molar-refractivity contribution < 1.29 is 19.1 Å². The Morgan fingerprint density at radius 1 is 1.19 bits per heavy atom. The third-order valence-electron chi connectivity index (χ3n) is 4.60. The third kappa shape index (κ3) is 5.75. The highest BCUT2D eigenvalue weighted by atomic mass is 32.1. The summed E-state index contributed by atoms with van der Waals surface area (Å²) in [5, 5.41) is 11.3. The molecule has 1 aliphatic carbocycles. The van der Waals surface area contributed by atoms with Crippen LogP contribution in [0.2, 0.25) is 0 Å². The van der Waals surface area contributed by atoms with Gasteiger partial charge in [-0.25, -0.2) is 0 Å². The zero-order valence-corrected chi connectivity index (χ0v) is 16.1. The van der Waals surface area contributed by atoms with Gasteiger partial charge in [0.05, 0.1) is 7.11 Å². The topological polar surface area (TPSA) is 90.4 Å². The quantitative estimate of drug-likeness (QED) is 0.691. The molecule has 8 heteroatoms. The van der Waals surface area contributed by atoms with Gasteiger partial charge in [-0.2, -0.15) is 0 Å². The van der Waals surface area contributed by atoms with Crippen molar-refractivity contribution in [2.45, 2.75) is 45.1 Å². The first-order chi connectivity index (χ1) is 13.1. The van der Waals surface area contributed by atoms with Gasteiger partial charge >= 0.3 is 5.97 Å². The van der Waals surface area contributed by atoms with Crippen molar-refractivity contribution in [2.24, 2.45) is 5.92 Å². The van der Waals surface area contributed by atoms with Crippen LogP contribution in [0.1, 0.15) is 53.3 Å². The zero-order valence-electron chi connectivity index (χ0n) is 15.3. The molecule has 27 heavy (non-hydrogen) atoms. The van der Waals surface area contributed by atoms with Gasteiger partial charge in [-0.1, -0.05) is 37.0 Å². The smallest absolute Gasteiger partial charge is 0.306 e. The van der Waals surface area contributed by atoms with Gasteiger partial charge in [0.1, 0.15) is 12.4 Å². The van der Waals surface area contributed by atoms with Crippen molar-refractivity contribution in [3.8, 4) is 5.75 Å². The number of methoxy groups -OCH3 is 1. The second-order valence-corrected chi connectivity index (χ2v) is 7.60. The van der Waals surface area contributed by atoms with Crippen LogP contribution in [0.25, 0.3) is 0 Å². The van der Waals surface area contributed by atoms with Crippen LogP contribution in [0.3, 0.4) is 0 Å². The summed E-state index contributed by atoms with van der Waals surface area (Å²) in [6.45, 7) is 0.0526. The minimum atomic E-state index is -0.350. The summed E-state index contributed by atoms with van der Waals surface area (Å²) in [5.41, 5.74) is 0.635. The lowest BCUT2D eigenvalue weighted by Gasteiger charge is -2.07. The minimum Gasteiger partial charge on any atom is -0.497 e. The lowest BCUT2D eigenvalue weighted by molar-refractivity contribution is -0.145. The van der Waals surface area contributed by atoms with E-state index in [1.165, 1.54) is 25.7 Å². The lowest BCUT2D eigenvalue weighted by atomic mass is 10.0. The maximum atomic E-state index is 12.2. The first-order valence-electron chi connectivity index (χ1n) is 9.07. The molecule has 0 bridgehead atoms. The van der Waals surface area contributed by atoms with Crippen LogP contribution < -0.4 is 10.1 Å². The summed E-state index contributed by atoms with van der Waals surface area (Å²) < 4.78 is 10.3. The molecule has 7 nitrogen and oxygen atoms in total. The molecule has 1 aromatic carbocycles. The number of hydrogen-bond acceptors (Lipinski definition) is 7. The number of benzene rings is 1. The molecule has 0 atom stereocenters. The van der Waals surface area contributed by atoms with Gasteiger partial charge in [0.2, 0.25) is 5.01 Å². The van der Waals surface area contributed by atoms with Gasteiger partial charge in [0.15, 0.2) is 5.01 Å². The second-order valence-electron chi connectivity index (χ2n) is 6.53. The largest absolute Gasteiger partial charge is 0.497 e. The molecule has 3 rings (SSSR count). The van der Waals surface area contributed by atoms with E-state index in [0.717, 1.165) is 17.8 Å². The summed E-state index contributed by atoms with van der Waals surface area (Å²) >= 11 is 1.12. The molecule has 1 heterocycles. The number of hydrogen-bond donors (Lipinski definition) is 1. The number of aromatic nitrogens is 2. The van der Waals surface area contributed by atoms with E-state index in [9.17, 15) is 9.59 Å². The van der Waals surface area contributed by atoms with Gasteiger partial charge in [-0.05, 0) is 36.6 Å². The Hall–Kier alpha value is -2.48. The van der Waals surface area contributed by atoms with Crippen LogP contribution >= 0.6 is 11.3 Å². The molecule has 0 unspecified atom stereocenters. The second kappa shape index (κ2) is 9.45. The standard InChI is InChI=1S/C19H23N3O4S/c1-25-15-9-7-14(8-10-15)20-18(24)19-22-21-16(27-19)12-26-17(23)11-6-13-4-2-3-5-13/h7-10,13H,2-6,11-12H2,1H3,(H,20,24). The molecule has 1 aliphatic rings. The fraction of sp³-hybridized carbons (Fsp3) is 0.474. The highest BCUT2D eigenvalue weighted by Crippen LogP contribution is 2.28. The van der Waals surface area contributed by atoms with Crippen molar-refractivity contribution in [3.63, 3.8) is 0 Å². The maximum absolute atomic E-state index is 12.2. The van der Waals surface area contributed by atoms with E-state index < -0.39 is 0 Å². The van der Waals surface area contributed by atoms with E-state index >= 15 is 0 Å². The van der Waals surface area contributed by atoms with Gasteiger partial charge in [-0.15, -0.1) is 10.2 Å². The summed E-state index contributed by atoms with van der Waals surface area (Å²) in [6, 6.07) is 6.99. The molecule has 0 radical (unpaired) electrons. The fourth-order valence-electron chi connectivity index (χ4n) is 3.10. The first kappa shape index (κ1) is 19.3. The molecule has 1 saturated carbocycles. The molecule has 0 aliphatic heterocycles. The van der Waals surface area contributed by atoms with Crippen molar-refractivity contribution in [1.82, 2.24) is 10.2 Å². The third-order valence-corrected chi connectivity index (χ3v) is 5.49. The van der Waals surface area contributed by atoms with Gasteiger partial charge in [0, 0.05) is 12.1 Å². The average Bonchev–Trinajstić information content (AvgIpc) is 3.37. The SMILES string of the molecule is COc1ccc(NC(=O)c2nnc(COC(=O)CCC3CCCC3)s2)cc1. The molecule has 1 fully saturated rings. The minimum absolute atomic E-state index is 0.0526. The van der Waals surface area contributed by atoms with Crippen LogP contribution in [0, 0.1) is 5.92 Å². The first-order valence-corrected chi connectivity index (χ1v) is 9.89. The summed E-state index contributed by atoms with van der Waals surface area (Å²) in [7, 11) is 1.58. The van der Waals surface area contributed by atoms with Crippen molar-refractivity contribution in [1.29, 1.82) is 0 Å². The van der Waals surface area contributed by atoms with Crippen LogP contribution in [0.15, 0.2) is 24.3 Å².